The number of nitrogens with one attached hydrogen (secondary N) is 3. The smallest absolute Gasteiger partial charge is 0.239 e. The highest BCUT2D eigenvalue weighted by Gasteiger charge is 2.07. The molecule has 2 amide bonds. The molecular formula is C20H25N3O3. The average molecular weight is 355 g/mol. The largest absolute Gasteiger partial charge is 0.492 e. The van der Waals surface area contributed by atoms with E-state index in [-0.39, 0.29) is 18.4 Å². The molecule has 2 rings (SSSR count). The molecule has 3 N–H and O–H groups in total. The predicted molar refractivity (Wildman–Crippen MR) is 104 cm³/mol. The molecule has 0 heterocycles. The van der Waals surface area contributed by atoms with Gasteiger partial charge in [0.15, 0.2) is 0 Å². The number of hydrogen-bond donors (Lipinski definition) is 3. The summed E-state index contributed by atoms with van der Waals surface area (Å²) in [4.78, 5) is 23.2. The second-order valence-electron chi connectivity index (χ2n) is 6.03. The minimum absolute atomic E-state index is 0.123. The average Bonchev–Trinajstić information content (AvgIpc) is 2.59. The lowest BCUT2D eigenvalue weighted by Crippen LogP contribution is -2.33. The van der Waals surface area contributed by atoms with E-state index in [1.165, 1.54) is 6.92 Å². The lowest BCUT2D eigenvalue weighted by Gasteiger charge is -2.13. The monoisotopic (exact) mass is 355 g/mol. The molecule has 0 aliphatic heterocycles. The second-order valence-corrected chi connectivity index (χ2v) is 6.03. The summed E-state index contributed by atoms with van der Waals surface area (Å²) in [7, 11) is 0. The fraction of sp³-hybridized carbons (Fsp3) is 0.300. The van der Waals surface area contributed by atoms with Crippen molar-refractivity contribution in [2.75, 3.05) is 30.3 Å². The number of ether oxygens (including phenoxy) is 1. The maximum atomic E-state index is 12.0. The van der Waals surface area contributed by atoms with Crippen molar-refractivity contribution in [2.45, 2.75) is 20.8 Å². The van der Waals surface area contributed by atoms with Crippen LogP contribution in [0.3, 0.4) is 0 Å². The summed E-state index contributed by atoms with van der Waals surface area (Å²) in [5, 5.41) is 8.66. The first-order valence-electron chi connectivity index (χ1n) is 8.53. The first-order chi connectivity index (χ1) is 12.5. The van der Waals surface area contributed by atoms with Crippen molar-refractivity contribution in [1.82, 2.24) is 5.32 Å². The molecule has 0 saturated heterocycles. The first kappa shape index (κ1) is 19.3. The molecule has 0 saturated carbocycles. The summed E-state index contributed by atoms with van der Waals surface area (Å²) >= 11 is 0. The molecule has 6 heteroatoms. The molecule has 0 fully saturated rings. The summed E-state index contributed by atoms with van der Waals surface area (Å²) in [6.07, 6.45) is 0. The SMILES string of the molecule is CC(=O)Nc1cccc(NCC(=O)NCCOc2cccc(C)c2)c1C. The van der Waals surface area contributed by atoms with Gasteiger partial charge in [-0.1, -0.05) is 18.2 Å². The van der Waals surface area contributed by atoms with Crippen molar-refractivity contribution in [1.29, 1.82) is 0 Å². The standard InChI is InChI=1S/C20H25N3O3/c1-14-6-4-7-17(12-14)26-11-10-21-20(25)13-22-18-8-5-9-19(15(18)2)23-16(3)24/h4-9,12,22H,10-11,13H2,1-3H3,(H,21,25)(H,23,24). The van der Waals surface area contributed by atoms with Gasteiger partial charge in [-0.05, 0) is 49.2 Å². The van der Waals surface area contributed by atoms with E-state index in [0.717, 1.165) is 28.3 Å². The highest BCUT2D eigenvalue weighted by molar-refractivity contribution is 5.91. The number of aryl methyl sites for hydroxylation is 1. The van der Waals surface area contributed by atoms with E-state index in [1.807, 2.05) is 56.3 Å². The zero-order valence-corrected chi connectivity index (χ0v) is 15.4. The van der Waals surface area contributed by atoms with Gasteiger partial charge in [0.05, 0.1) is 13.1 Å². The number of anilines is 2. The molecule has 0 aromatic heterocycles. The van der Waals surface area contributed by atoms with Gasteiger partial charge in [-0.15, -0.1) is 0 Å². The van der Waals surface area contributed by atoms with Gasteiger partial charge >= 0.3 is 0 Å². The van der Waals surface area contributed by atoms with Gasteiger partial charge in [0.1, 0.15) is 12.4 Å². The summed E-state index contributed by atoms with van der Waals surface area (Å²) in [6.45, 7) is 6.34. The molecule has 0 atom stereocenters. The van der Waals surface area contributed by atoms with Crippen LogP contribution >= 0.6 is 0 Å². The van der Waals surface area contributed by atoms with E-state index in [1.54, 1.807) is 0 Å². The molecule has 6 nitrogen and oxygen atoms in total. The third kappa shape index (κ3) is 6.12. The third-order valence-electron chi connectivity index (χ3n) is 3.77. The minimum atomic E-state index is -0.128. The van der Waals surface area contributed by atoms with Gasteiger partial charge in [0.25, 0.3) is 0 Å². The van der Waals surface area contributed by atoms with E-state index in [9.17, 15) is 9.59 Å². The number of carbonyl (C=O) groups excluding carboxylic acids is 2. The quantitative estimate of drug-likeness (QED) is 0.636. The Labute approximate surface area is 153 Å². The zero-order chi connectivity index (χ0) is 18.9. The fourth-order valence-corrected chi connectivity index (χ4v) is 2.45. The molecule has 2 aromatic carbocycles. The maximum absolute atomic E-state index is 12.0. The van der Waals surface area contributed by atoms with Crippen LogP contribution in [-0.2, 0) is 9.59 Å². The van der Waals surface area contributed by atoms with Crippen LogP contribution < -0.4 is 20.7 Å². The van der Waals surface area contributed by atoms with Crippen molar-refractivity contribution in [3.8, 4) is 5.75 Å². The molecule has 0 radical (unpaired) electrons. The molecule has 0 aliphatic carbocycles. The third-order valence-corrected chi connectivity index (χ3v) is 3.77. The highest BCUT2D eigenvalue weighted by Crippen LogP contribution is 2.23. The summed E-state index contributed by atoms with van der Waals surface area (Å²) in [5.41, 5.74) is 3.56. The van der Waals surface area contributed by atoms with Gasteiger partial charge in [-0.2, -0.15) is 0 Å². The fourth-order valence-electron chi connectivity index (χ4n) is 2.45. The molecular weight excluding hydrogens is 330 g/mol. The number of hydrogen-bond acceptors (Lipinski definition) is 4. The van der Waals surface area contributed by atoms with Crippen molar-refractivity contribution >= 4 is 23.2 Å². The topological polar surface area (TPSA) is 79.5 Å². The van der Waals surface area contributed by atoms with Crippen LogP contribution in [-0.4, -0.2) is 31.5 Å². The minimum Gasteiger partial charge on any atom is -0.492 e. The number of carbonyl (C=O) groups is 2. The van der Waals surface area contributed by atoms with E-state index < -0.39 is 0 Å². The molecule has 138 valence electrons. The highest BCUT2D eigenvalue weighted by atomic mass is 16.5. The number of benzene rings is 2. The van der Waals surface area contributed by atoms with Gasteiger partial charge in [-0.25, -0.2) is 0 Å². The van der Waals surface area contributed by atoms with Crippen molar-refractivity contribution in [2.24, 2.45) is 0 Å². The van der Waals surface area contributed by atoms with E-state index in [4.69, 9.17) is 4.74 Å². The van der Waals surface area contributed by atoms with Gasteiger partial charge in [0, 0.05) is 18.3 Å². The Morgan fingerprint density at radius 3 is 2.50 bits per heavy atom. The van der Waals surface area contributed by atoms with Crippen LogP contribution in [0.5, 0.6) is 5.75 Å². The number of rotatable bonds is 8. The Bertz CT molecular complexity index is 775. The van der Waals surface area contributed by atoms with Crippen molar-refractivity contribution in [3.63, 3.8) is 0 Å². The summed E-state index contributed by atoms with van der Waals surface area (Å²) in [5.74, 6) is 0.543. The first-order valence-corrected chi connectivity index (χ1v) is 8.53. The van der Waals surface area contributed by atoms with E-state index >= 15 is 0 Å². The molecule has 0 unspecified atom stereocenters. The van der Waals surface area contributed by atoms with Crippen LogP contribution in [0.15, 0.2) is 42.5 Å². The number of amides is 2. The van der Waals surface area contributed by atoms with Crippen LogP contribution in [0.2, 0.25) is 0 Å². The molecule has 2 aromatic rings. The normalized spacial score (nSPS) is 10.1. The second kappa shape index (κ2) is 9.46. The predicted octanol–water partition coefficient (Wildman–Crippen LogP) is 2.87. The summed E-state index contributed by atoms with van der Waals surface area (Å²) < 4.78 is 5.60. The Balaban J connectivity index is 1.74. The van der Waals surface area contributed by atoms with Gasteiger partial charge < -0.3 is 20.7 Å². The Hall–Kier alpha value is -3.02. The van der Waals surface area contributed by atoms with Crippen LogP contribution in [0.1, 0.15) is 18.1 Å². The van der Waals surface area contributed by atoms with Gasteiger partial charge in [-0.3, -0.25) is 9.59 Å². The zero-order valence-electron chi connectivity index (χ0n) is 15.4. The summed E-state index contributed by atoms with van der Waals surface area (Å²) in [6, 6.07) is 13.3. The molecule has 26 heavy (non-hydrogen) atoms. The van der Waals surface area contributed by atoms with E-state index in [0.29, 0.717) is 13.2 Å². The van der Waals surface area contributed by atoms with Crippen molar-refractivity contribution in [3.05, 3.63) is 53.6 Å². The Morgan fingerprint density at radius 1 is 1.04 bits per heavy atom. The van der Waals surface area contributed by atoms with Crippen LogP contribution in [0, 0.1) is 13.8 Å². The Kier molecular flexibility index (Phi) is 7.02. The molecule has 0 bridgehead atoms. The Morgan fingerprint density at radius 2 is 1.77 bits per heavy atom. The molecule has 0 aliphatic rings. The van der Waals surface area contributed by atoms with Crippen molar-refractivity contribution < 1.29 is 14.3 Å². The maximum Gasteiger partial charge on any atom is 0.239 e. The molecule has 0 spiro atoms. The van der Waals surface area contributed by atoms with E-state index in [2.05, 4.69) is 16.0 Å². The van der Waals surface area contributed by atoms with Crippen LogP contribution in [0.25, 0.3) is 0 Å². The lowest BCUT2D eigenvalue weighted by atomic mass is 10.1. The van der Waals surface area contributed by atoms with Crippen LogP contribution in [0.4, 0.5) is 11.4 Å². The lowest BCUT2D eigenvalue weighted by molar-refractivity contribution is -0.119. The van der Waals surface area contributed by atoms with Gasteiger partial charge in [0.2, 0.25) is 11.8 Å².